The molecule has 0 bridgehead atoms. The van der Waals surface area contributed by atoms with Gasteiger partial charge in [-0.2, -0.15) is 0 Å². The van der Waals surface area contributed by atoms with Gasteiger partial charge >= 0.3 is 0 Å². The Morgan fingerprint density at radius 2 is 0.952 bits per heavy atom. The molecule has 0 N–H and O–H groups in total. The molecule has 124 valence electrons. The van der Waals surface area contributed by atoms with E-state index in [1.54, 1.807) is 0 Å². The Balaban J connectivity index is 3.21. The maximum absolute atomic E-state index is 11.6. The predicted molar refractivity (Wildman–Crippen MR) is 90.6 cm³/mol. The highest BCUT2D eigenvalue weighted by atomic mass is 16.1. The van der Waals surface area contributed by atoms with Crippen LogP contribution in [0.1, 0.15) is 110 Å². The Labute approximate surface area is 132 Å². The molecule has 0 amide bonds. The largest absolute Gasteiger partial charge is 0.299 e. The van der Waals surface area contributed by atoms with Gasteiger partial charge in [0, 0.05) is 12.8 Å². The van der Waals surface area contributed by atoms with Gasteiger partial charge in [-0.3, -0.25) is 9.59 Å². The molecule has 0 spiro atoms. The second-order valence-corrected chi connectivity index (χ2v) is 6.29. The Bertz CT molecular complexity index is 258. The molecule has 0 aliphatic carbocycles. The molecule has 0 radical (unpaired) electrons. The summed E-state index contributed by atoms with van der Waals surface area (Å²) in [6.07, 6.45) is 16.4. The van der Waals surface area contributed by atoms with Gasteiger partial charge in [-0.25, -0.2) is 0 Å². The van der Waals surface area contributed by atoms with E-state index in [9.17, 15) is 9.59 Å². The van der Waals surface area contributed by atoms with Crippen molar-refractivity contribution in [2.75, 3.05) is 0 Å². The van der Waals surface area contributed by atoms with Gasteiger partial charge in [0.25, 0.3) is 0 Å². The third-order valence-electron chi connectivity index (χ3n) is 3.98. The van der Waals surface area contributed by atoms with Gasteiger partial charge < -0.3 is 0 Å². The number of ketones is 2. The van der Waals surface area contributed by atoms with E-state index in [-0.39, 0.29) is 18.0 Å². The van der Waals surface area contributed by atoms with Gasteiger partial charge in [0.15, 0.2) is 0 Å². The van der Waals surface area contributed by atoms with Gasteiger partial charge in [0.05, 0.1) is 6.42 Å². The summed E-state index contributed by atoms with van der Waals surface area (Å²) in [4.78, 5) is 22.9. The zero-order valence-corrected chi connectivity index (χ0v) is 14.4. The first kappa shape index (κ1) is 20.3. The monoisotopic (exact) mass is 296 g/mol. The van der Waals surface area contributed by atoms with Crippen LogP contribution >= 0.6 is 0 Å². The molecule has 2 nitrogen and oxygen atoms in total. The molecule has 0 atom stereocenters. The number of Topliss-reactive ketones (excluding diaryl/α,β-unsaturated/α-hetero) is 2. The molecule has 2 heteroatoms. The first-order valence-electron chi connectivity index (χ1n) is 9.24. The third kappa shape index (κ3) is 15.5. The average molecular weight is 296 g/mol. The molecule has 0 aromatic heterocycles. The highest BCUT2D eigenvalue weighted by molar-refractivity contribution is 5.98. The molecule has 0 aromatic carbocycles. The Kier molecular flexibility index (Phi) is 15.2. The Morgan fingerprint density at radius 3 is 1.43 bits per heavy atom. The van der Waals surface area contributed by atoms with Crippen LogP contribution in [0.2, 0.25) is 0 Å². The standard InChI is InChI=1S/C19H36O2/c1-3-5-6-7-8-9-10-11-12-13-14-16-19(21)17-18(20)15-4-2/h3-17H2,1-2H3. The summed E-state index contributed by atoms with van der Waals surface area (Å²) in [6, 6.07) is 0. The van der Waals surface area contributed by atoms with Crippen molar-refractivity contribution in [3.63, 3.8) is 0 Å². The molecular weight excluding hydrogens is 260 g/mol. The first-order valence-corrected chi connectivity index (χ1v) is 9.24. The molecule has 21 heavy (non-hydrogen) atoms. The van der Waals surface area contributed by atoms with Crippen LogP contribution < -0.4 is 0 Å². The van der Waals surface area contributed by atoms with E-state index in [0.29, 0.717) is 12.8 Å². The van der Waals surface area contributed by atoms with Gasteiger partial charge in [-0.15, -0.1) is 0 Å². The van der Waals surface area contributed by atoms with Crippen molar-refractivity contribution in [1.82, 2.24) is 0 Å². The molecular formula is C19H36O2. The Hall–Kier alpha value is -0.660. The molecule has 0 rings (SSSR count). The van der Waals surface area contributed by atoms with Crippen molar-refractivity contribution < 1.29 is 9.59 Å². The van der Waals surface area contributed by atoms with Gasteiger partial charge in [0.2, 0.25) is 0 Å². The summed E-state index contributed by atoms with van der Waals surface area (Å²) in [5, 5.41) is 0. The minimum atomic E-state index is 0.116. The second kappa shape index (κ2) is 15.7. The van der Waals surface area contributed by atoms with Crippen molar-refractivity contribution in [3.05, 3.63) is 0 Å². The molecule has 0 aromatic rings. The van der Waals surface area contributed by atoms with Crippen LogP contribution in [0.25, 0.3) is 0 Å². The van der Waals surface area contributed by atoms with Gasteiger partial charge in [0.1, 0.15) is 11.6 Å². The van der Waals surface area contributed by atoms with Crippen LogP contribution in [0.3, 0.4) is 0 Å². The zero-order valence-electron chi connectivity index (χ0n) is 14.4. The summed E-state index contributed by atoms with van der Waals surface area (Å²) >= 11 is 0. The van der Waals surface area contributed by atoms with E-state index in [1.807, 2.05) is 6.92 Å². The van der Waals surface area contributed by atoms with Crippen LogP contribution in [0.4, 0.5) is 0 Å². The fourth-order valence-electron chi connectivity index (χ4n) is 2.66. The van der Waals surface area contributed by atoms with E-state index in [2.05, 4.69) is 6.92 Å². The SMILES string of the molecule is CCCCCCCCCCCCCC(=O)CC(=O)CCC. The summed E-state index contributed by atoms with van der Waals surface area (Å²) in [5.74, 6) is 0.259. The number of hydrogen-bond acceptors (Lipinski definition) is 2. The summed E-state index contributed by atoms with van der Waals surface area (Å²) in [5.41, 5.74) is 0. The van der Waals surface area contributed by atoms with Crippen molar-refractivity contribution in [2.45, 2.75) is 110 Å². The molecule has 0 fully saturated rings. The third-order valence-corrected chi connectivity index (χ3v) is 3.98. The van der Waals surface area contributed by atoms with E-state index in [0.717, 1.165) is 19.3 Å². The number of rotatable bonds is 16. The minimum absolute atomic E-state index is 0.116. The van der Waals surface area contributed by atoms with Crippen molar-refractivity contribution in [1.29, 1.82) is 0 Å². The number of hydrogen-bond donors (Lipinski definition) is 0. The number of carbonyl (C=O) groups excluding carboxylic acids is 2. The van der Waals surface area contributed by atoms with Gasteiger partial charge in [-0.1, -0.05) is 78.1 Å². The first-order chi connectivity index (χ1) is 10.2. The van der Waals surface area contributed by atoms with Crippen LogP contribution in [0.15, 0.2) is 0 Å². The summed E-state index contributed by atoms with van der Waals surface area (Å²) in [7, 11) is 0. The molecule has 0 unspecified atom stereocenters. The lowest BCUT2D eigenvalue weighted by atomic mass is 10.0. The maximum Gasteiger partial charge on any atom is 0.140 e. The molecule has 0 saturated carbocycles. The molecule has 0 saturated heterocycles. The lowest BCUT2D eigenvalue weighted by Crippen LogP contribution is -2.07. The summed E-state index contributed by atoms with van der Waals surface area (Å²) < 4.78 is 0. The summed E-state index contributed by atoms with van der Waals surface area (Å²) in [6.45, 7) is 4.23. The van der Waals surface area contributed by atoms with Crippen LogP contribution in [0.5, 0.6) is 0 Å². The minimum Gasteiger partial charge on any atom is -0.299 e. The highest BCUT2D eigenvalue weighted by Crippen LogP contribution is 2.12. The maximum atomic E-state index is 11.6. The van der Waals surface area contributed by atoms with E-state index in [4.69, 9.17) is 0 Å². The van der Waals surface area contributed by atoms with Crippen LogP contribution in [-0.2, 0) is 9.59 Å². The van der Waals surface area contributed by atoms with E-state index < -0.39 is 0 Å². The van der Waals surface area contributed by atoms with E-state index in [1.165, 1.54) is 57.8 Å². The predicted octanol–water partition coefficient (Wildman–Crippen LogP) is 6.02. The zero-order chi connectivity index (χ0) is 15.8. The van der Waals surface area contributed by atoms with Crippen LogP contribution in [0, 0.1) is 0 Å². The van der Waals surface area contributed by atoms with Crippen molar-refractivity contribution in [3.8, 4) is 0 Å². The number of unbranched alkanes of at least 4 members (excludes halogenated alkanes) is 10. The van der Waals surface area contributed by atoms with Crippen molar-refractivity contribution in [2.24, 2.45) is 0 Å². The molecule has 0 heterocycles. The lowest BCUT2D eigenvalue weighted by Gasteiger charge is -2.03. The highest BCUT2D eigenvalue weighted by Gasteiger charge is 2.07. The second-order valence-electron chi connectivity index (χ2n) is 6.29. The lowest BCUT2D eigenvalue weighted by molar-refractivity contribution is -0.127. The van der Waals surface area contributed by atoms with Gasteiger partial charge in [-0.05, 0) is 12.8 Å². The van der Waals surface area contributed by atoms with E-state index >= 15 is 0 Å². The fourth-order valence-corrected chi connectivity index (χ4v) is 2.66. The molecule has 0 aliphatic heterocycles. The quantitative estimate of drug-likeness (QED) is 0.258. The Morgan fingerprint density at radius 1 is 0.524 bits per heavy atom. The number of carbonyl (C=O) groups is 2. The average Bonchev–Trinajstić information content (AvgIpc) is 2.45. The van der Waals surface area contributed by atoms with Crippen molar-refractivity contribution >= 4 is 11.6 Å². The molecule has 0 aliphatic rings. The topological polar surface area (TPSA) is 34.1 Å². The normalized spacial score (nSPS) is 10.8. The smallest absolute Gasteiger partial charge is 0.140 e. The van der Waals surface area contributed by atoms with Crippen LogP contribution in [-0.4, -0.2) is 11.6 Å². The fraction of sp³-hybridized carbons (Fsp3) is 0.895.